The number of hydrogen-bond donors (Lipinski definition) is 2. The number of amidine groups is 1. The van der Waals surface area contributed by atoms with Crippen molar-refractivity contribution in [2.24, 2.45) is 16.7 Å². The molecule has 0 aromatic heterocycles. The largest absolute Gasteiger partial charge is 0.382 e. The summed E-state index contributed by atoms with van der Waals surface area (Å²) in [5, 5.41) is 3.44. The SMILES string of the molecule is CCCCc1ccc(/C(N)=N/N)cc1. The smallest absolute Gasteiger partial charge is 0.150 e. The number of unbranched alkanes of at least 4 members (excludes halogenated alkanes) is 1. The molecule has 0 saturated heterocycles. The predicted molar refractivity (Wildman–Crippen MR) is 60.0 cm³/mol. The van der Waals surface area contributed by atoms with Gasteiger partial charge in [0.25, 0.3) is 0 Å². The van der Waals surface area contributed by atoms with Gasteiger partial charge in [-0.2, -0.15) is 5.10 Å². The first-order valence-electron chi connectivity index (χ1n) is 4.90. The van der Waals surface area contributed by atoms with Crippen LogP contribution in [0.1, 0.15) is 30.9 Å². The number of nitrogens with zero attached hydrogens (tertiary/aromatic N) is 1. The van der Waals surface area contributed by atoms with Gasteiger partial charge in [0, 0.05) is 5.56 Å². The molecule has 0 spiro atoms. The van der Waals surface area contributed by atoms with Crippen molar-refractivity contribution in [3.8, 4) is 0 Å². The van der Waals surface area contributed by atoms with Gasteiger partial charge in [-0.3, -0.25) is 0 Å². The zero-order chi connectivity index (χ0) is 10.4. The van der Waals surface area contributed by atoms with Crippen molar-refractivity contribution in [3.05, 3.63) is 35.4 Å². The van der Waals surface area contributed by atoms with Crippen molar-refractivity contribution in [2.75, 3.05) is 0 Å². The predicted octanol–water partition coefficient (Wildman–Crippen LogP) is 1.61. The first-order valence-corrected chi connectivity index (χ1v) is 4.90. The fourth-order valence-electron chi connectivity index (χ4n) is 1.30. The Balaban J connectivity index is 2.68. The van der Waals surface area contributed by atoms with Gasteiger partial charge in [0.15, 0.2) is 0 Å². The fraction of sp³-hybridized carbons (Fsp3) is 0.364. The van der Waals surface area contributed by atoms with Crippen molar-refractivity contribution in [1.82, 2.24) is 0 Å². The van der Waals surface area contributed by atoms with E-state index in [1.54, 1.807) is 0 Å². The number of hydrazone groups is 1. The summed E-state index contributed by atoms with van der Waals surface area (Å²) < 4.78 is 0. The van der Waals surface area contributed by atoms with Gasteiger partial charge in [-0.25, -0.2) is 0 Å². The molecule has 0 bridgehead atoms. The van der Waals surface area contributed by atoms with Crippen LogP contribution in [0.15, 0.2) is 29.4 Å². The minimum absolute atomic E-state index is 0.382. The van der Waals surface area contributed by atoms with E-state index in [2.05, 4.69) is 24.2 Å². The summed E-state index contributed by atoms with van der Waals surface area (Å²) in [5.41, 5.74) is 7.79. The molecule has 0 radical (unpaired) electrons. The molecule has 1 aromatic rings. The minimum Gasteiger partial charge on any atom is -0.382 e. The quantitative estimate of drug-likeness (QED) is 0.328. The first-order chi connectivity index (χ1) is 6.77. The Morgan fingerprint density at radius 2 is 1.93 bits per heavy atom. The van der Waals surface area contributed by atoms with Gasteiger partial charge >= 0.3 is 0 Å². The van der Waals surface area contributed by atoms with Crippen LogP contribution in [-0.2, 0) is 6.42 Å². The van der Waals surface area contributed by atoms with Gasteiger partial charge in [-0.05, 0) is 18.4 Å². The Morgan fingerprint density at radius 1 is 1.29 bits per heavy atom. The molecule has 0 aliphatic carbocycles. The molecular weight excluding hydrogens is 174 g/mol. The highest BCUT2D eigenvalue weighted by Gasteiger charge is 1.97. The highest BCUT2D eigenvalue weighted by atomic mass is 15.1. The Kier molecular flexibility index (Phi) is 3.98. The van der Waals surface area contributed by atoms with Crippen molar-refractivity contribution < 1.29 is 0 Å². The van der Waals surface area contributed by atoms with Gasteiger partial charge in [0.05, 0.1) is 0 Å². The maximum Gasteiger partial charge on any atom is 0.150 e. The second-order valence-electron chi connectivity index (χ2n) is 3.31. The molecule has 76 valence electrons. The molecule has 0 atom stereocenters. The lowest BCUT2D eigenvalue weighted by atomic mass is 10.1. The van der Waals surface area contributed by atoms with Crippen LogP contribution in [0.2, 0.25) is 0 Å². The summed E-state index contributed by atoms with van der Waals surface area (Å²) in [7, 11) is 0. The van der Waals surface area contributed by atoms with E-state index in [1.807, 2.05) is 12.1 Å². The first kappa shape index (κ1) is 10.6. The van der Waals surface area contributed by atoms with Crippen LogP contribution in [-0.4, -0.2) is 5.84 Å². The molecule has 0 amide bonds. The normalized spacial score (nSPS) is 11.6. The van der Waals surface area contributed by atoms with Crippen molar-refractivity contribution in [1.29, 1.82) is 0 Å². The van der Waals surface area contributed by atoms with Crippen molar-refractivity contribution >= 4 is 5.84 Å². The van der Waals surface area contributed by atoms with E-state index in [0.717, 1.165) is 12.0 Å². The Labute approximate surface area is 84.8 Å². The average molecular weight is 191 g/mol. The lowest BCUT2D eigenvalue weighted by Crippen LogP contribution is -2.15. The summed E-state index contributed by atoms with van der Waals surface area (Å²) >= 11 is 0. The van der Waals surface area contributed by atoms with Crippen LogP contribution in [0.3, 0.4) is 0 Å². The number of aryl methyl sites for hydroxylation is 1. The lowest BCUT2D eigenvalue weighted by molar-refractivity contribution is 0.795. The third kappa shape index (κ3) is 2.76. The van der Waals surface area contributed by atoms with E-state index in [0.29, 0.717) is 5.84 Å². The van der Waals surface area contributed by atoms with Crippen LogP contribution in [0.25, 0.3) is 0 Å². The molecule has 1 rings (SSSR count). The second kappa shape index (κ2) is 5.27. The third-order valence-electron chi connectivity index (χ3n) is 2.21. The van der Waals surface area contributed by atoms with E-state index in [-0.39, 0.29) is 0 Å². The van der Waals surface area contributed by atoms with E-state index >= 15 is 0 Å². The molecule has 14 heavy (non-hydrogen) atoms. The number of rotatable bonds is 4. The average Bonchev–Trinajstić information content (AvgIpc) is 2.26. The van der Waals surface area contributed by atoms with Gasteiger partial charge in [-0.1, -0.05) is 37.6 Å². The zero-order valence-electron chi connectivity index (χ0n) is 8.53. The molecular formula is C11H17N3. The van der Waals surface area contributed by atoms with Gasteiger partial charge in [0.1, 0.15) is 5.84 Å². The summed E-state index contributed by atoms with van der Waals surface area (Å²) in [5.74, 6) is 5.47. The van der Waals surface area contributed by atoms with Crippen LogP contribution in [0.5, 0.6) is 0 Å². The van der Waals surface area contributed by atoms with E-state index in [1.165, 1.54) is 18.4 Å². The topological polar surface area (TPSA) is 64.4 Å². The van der Waals surface area contributed by atoms with Crippen LogP contribution in [0.4, 0.5) is 0 Å². The van der Waals surface area contributed by atoms with E-state index in [4.69, 9.17) is 11.6 Å². The highest BCUT2D eigenvalue weighted by Crippen LogP contribution is 2.07. The molecule has 3 nitrogen and oxygen atoms in total. The molecule has 0 aliphatic heterocycles. The summed E-state index contributed by atoms with van der Waals surface area (Å²) in [6.45, 7) is 2.19. The van der Waals surface area contributed by atoms with Gasteiger partial charge in [-0.15, -0.1) is 0 Å². The summed E-state index contributed by atoms with van der Waals surface area (Å²) in [4.78, 5) is 0. The van der Waals surface area contributed by atoms with Gasteiger partial charge < -0.3 is 11.6 Å². The number of nitrogens with two attached hydrogens (primary N) is 2. The van der Waals surface area contributed by atoms with Crippen molar-refractivity contribution in [3.63, 3.8) is 0 Å². The number of hydrogen-bond acceptors (Lipinski definition) is 2. The molecule has 0 heterocycles. The lowest BCUT2D eigenvalue weighted by Gasteiger charge is -2.02. The third-order valence-corrected chi connectivity index (χ3v) is 2.21. The molecule has 1 aromatic carbocycles. The zero-order valence-corrected chi connectivity index (χ0v) is 8.53. The van der Waals surface area contributed by atoms with Crippen LogP contribution >= 0.6 is 0 Å². The number of benzene rings is 1. The maximum atomic E-state index is 5.57. The van der Waals surface area contributed by atoms with E-state index in [9.17, 15) is 0 Å². The van der Waals surface area contributed by atoms with Crippen LogP contribution < -0.4 is 11.6 Å². The molecule has 3 heteroatoms. The molecule has 0 saturated carbocycles. The Hall–Kier alpha value is -1.51. The Morgan fingerprint density at radius 3 is 2.43 bits per heavy atom. The molecule has 4 N–H and O–H groups in total. The monoisotopic (exact) mass is 191 g/mol. The maximum absolute atomic E-state index is 5.57. The Bertz CT molecular complexity index is 301. The molecule has 0 fully saturated rings. The van der Waals surface area contributed by atoms with E-state index < -0.39 is 0 Å². The van der Waals surface area contributed by atoms with Crippen LogP contribution in [0, 0.1) is 0 Å². The minimum atomic E-state index is 0.382. The summed E-state index contributed by atoms with van der Waals surface area (Å²) in [6, 6.07) is 8.06. The molecule has 0 unspecified atom stereocenters. The second-order valence-corrected chi connectivity index (χ2v) is 3.31. The highest BCUT2D eigenvalue weighted by molar-refractivity contribution is 5.97. The summed E-state index contributed by atoms with van der Waals surface area (Å²) in [6.07, 6.45) is 3.56. The standard InChI is InChI=1S/C11H17N3/c1-2-3-4-9-5-7-10(8-6-9)11(12)14-13/h5-8H,2-4,13H2,1H3,(H2,12,14). The fourth-order valence-corrected chi connectivity index (χ4v) is 1.30. The molecule has 0 aliphatic rings. The van der Waals surface area contributed by atoms with Crippen molar-refractivity contribution in [2.45, 2.75) is 26.2 Å². The van der Waals surface area contributed by atoms with Gasteiger partial charge in [0.2, 0.25) is 0 Å².